The first kappa shape index (κ1) is 10.8. The zero-order chi connectivity index (χ0) is 11.4. The minimum Gasteiger partial charge on any atom is -0.320 e. The Balaban J connectivity index is 2.09. The van der Waals surface area contributed by atoms with E-state index in [1.165, 1.54) is 6.07 Å². The van der Waals surface area contributed by atoms with Crippen molar-refractivity contribution in [2.45, 2.75) is 6.54 Å². The molecule has 0 aliphatic heterocycles. The molecule has 0 spiro atoms. The van der Waals surface area contributed by atoms with E-state index in [0.717, 1.165) is 11.4 Å². The topological polar surface area (TPSA) is 44.2 Å². The van der Waals surface area contributed by atoms with Gasteiger partial charge in [0.25, 0.3) is 0 Å². The number of halogens is 1. The first-order valence-corrected chi connectivity index (χ1v) is 5.25. The summed E-state index contributed by atoms with van der Waals surface area (Å²) in [5.41, 5.74) is 6.68. The zero-order valence-electron chi connectivity index (χ0n) is 8.99. The molecule has 2 rings (SSSR count). The van der Waals surface area contributed by atoms with Crippen molar-refractivity contribution >= 4 is 11.4 Å². The van der Waals surface area contributed by atoms with Gasteiger partial charge < -0.3 is 11.1 Å². The number of para-hydroxylation sites is 1. The number of hydrogen-bond donors (Lipinski definition) is 2. The van der Waals surface area contributed by atoms with Crippen molar-refractivity contribution in [2.24, 2.45) is 0 Å². The molecule has 0 bridgehead atoms. The lowest BCUT2D eigenvalue weighted by atomic mass is 10.2. The third-order valence-corrected chi connectivity index (χ3v) is 2.55. The van der Waals surface area contributed by atoms with Gasteiger partial charge in [-0.05, 0) is 6.07 Å². The standard InChI is InChI=1S/C13H13FN2/c14-11-6-2-1-5-10(11)9-16-13-8-4-3-7-12(13)15/h1-8,16H,9,15H2/p+2. The maximum Gasteiger partial charge on any atom is 0.191 e. The molecule has 0 saturated heterocycles. The van der Waals surface area contributed by atoms with Gasteiger partial charge in [-0.25, -0.2) is 4.39 Å². The van der Waals surface area contributed by atoms with Crippen molar-refractivity contribution in [3.8, 4) is 0 Å². The highest BCUT2D eigenvalue weighted by Gasteiger charge is 2.07. The Bertz CT molecular complexity index is 437. The van der Waals surface area contributed by atoms with Gasteiger partial charge in [-0.15, -0.1) is 0 Å². The fraction of sp³-hybridized carbons (Fsp3) is 0.0769. The molecule has 0 aromatic heterocycles. The van der Waals surface area contributed by atoms with E-state index in [9.17, 15) is 4.39 Å². The first-order valence-electron chi connectivity index (χ1n) is 5.25. The summed E-state index contributed by atoms with van der Waals surface area (Å²) in [6, 6.07) is 14.7. The second-order valence-electron chi connectivity index (χ2n) is 3.70. The molecule has 0 radical (unpaired) electrons. The highest BCUT2D eigenvalue weighted by molar-refractivity contribution is 5.49. The minimum atomic E-state index is -0.153. The minimum absolute atomic E-state index is 0.153. The van der Waals surface area contributed by atoms with Crippen molar-refractivity contribution in [1.29, 1.82) is 0 Å². The molecule has 0 unspecified atom stereocenters. The molecule has 2 aromatic rings. The van der Waals surface area contributed by atoms with E-state index in [1.807, 2.05) is 35.6 Å². The lowest BCUT2D eigenvalue weighted by Gasteiger charge is -2.02. The average molecular weight is 218 g/mol. The Morgan fingerprint density at radius 1 is 1.00 bits per heavy atom. The average Bonchev–Trinajstić information content (AvgIpc) is 2.30. The summed E-state index contributed by atoms with van der Waals surface area (Å²) < 4.78 is 13.4. The van der Waals surface area contributed by atoms with Crippen molar-refractivity contribution in [1.82, 2.24) is 0 Å². The maximum absolute atomic E-state index is 13.4. The highest BCUT2D eigenvalue weighted by atomic mass is 19.1. The van der Waals surface area contributed by atoms with Crippen LogP contribution in [0.3, 0.4) is 0 Å². The van der Waals surface area contributed by atoms with E-state index in [0.29, 0.717) is 12.1 Å². The van der Waals surface area contributed by atoms with Crippen molar-refractivity contribution in [3.05, 3.63) is 59.9 Å². The summed E-state index contributed by atoms with van der Waals surface area (Å²) in [6.45, 7) is 0.596. The van der Waals surface area contributed by atoms with Crippen LogP contribution in [0.4, 0.5) is 15.8 Å². The Hall–Kier alpha value is -1.71. The van der Waals surface area contributed by atoms with Gasteiger partial charge in [0.1, 0.15) is 12.4 Å². The van der Waals surface area contributed by atoms with Crippen LogP contribution in [0.1, 0.15) is 5.56 Å². The van der Waals surface area contributed by atoms with Crippen LogP contribution in [0.2, 0.25) is 0 Å². The molecule has 2 aromatic carbocycles. The van der Waals surface area contributed by atoms with Crippen LogP contribution in [0, 0.1) is 5.82 Å². The molecule has 16 heavy (non-hydrogen) atoms. The van der Waals surface area contributed by atoms with Gasteiger partial charge >= 0.3 is 0 Å². The molecule has 0 fully saturated rings. The fourth-order valence-corrected chi connectivity index (χ4v) is 1.62. The third kappa shape index (κ3) is 2.45. The Kier molecular flexibility index (Phi) is 3.29. The van der Waals surface area contributed by atoms with Crippen molar-refractivity contribution < 1.29 is 15.4 Å². The SMILES string of the molecule is [NH3+]c1ccccc1[NH2+]Cc1ccccc1F. The van der Waals surface area contributed by atoms with Crippen LogP contribution in [0.25, 0.3) is 0 Å². The summed E-state index contributed by atoms with van der Waals surface area (Å²) in [5.74, 6) is -0.153. The molecular formula is C13H15FN2+2. The molecule has 82 valence electrons. The highest BCUT2D eigenvalue weighted by Crippen LogP contribution is 2.09. The Morgan fingerprint density at radius 2 is 1.69 bits per heavy atom. The maximum atomic E-state index is 13.4. The lowest BCUT2D eigenvalue weighted by molar-refractivity contribution is -0.591. The van der Waals surface area contributed by atoms with Crippen LogP contribution in [0.15, 0.2) is 48.5 Å². The van der Waals surface area contributed by atoms with E-state index >= 15 is 0 Å². The van der Waals surface area contributed by atoms with Gasteiger partial charge in [0, 0.05) is 17.7 Å². The van der Waals surface area contributed by atoms with Crippen LogP contribution >= 0.6 is 0 Å². The second kappa shape index (κ2) is 4.88. The quantitative estimate of drug-likeness (QED) is 0.725. The van der Waals surface area contributed by atoms with Gasteiger partial charge in [0.05, 0.1) is 0 Å². The summed E-state index contributed by atoms with van der Waals surface area (Å²) >= 11 is 0. The summed E-state index contributed by atoms with van der Waals surface area (Å²) in [4.78, 5) is 0. The smallest absolute Gasteiger partial charge is 0.191 e. The number of nitrogens with two attached hydrogens (primary N) is 1. The number of quaternary nitrogens is 2. The van der Waals surface area contributed by atoms with E-state index in [4.69, 9.17) is 0 Å². The van der Waals surface area contributed by atoms with Gasteiger partial charge in [0.2, 0.25) is 0 Å². The van der Waals surface area contributed by atoms with Gasteiger partial charge in [-0.1, -0.05) is 30.3 Å². The molecule has 0 aliphatic rings. The van der Waals surface area contributed by atoms with Crippen LogP contribution in [-0.4, -0.2) is 0 Å². The van der Waals surface area contributed by atoms with Gasteiger partial charge in [-0.2, -0.15) is 0 Å². The van der Waals surface area contributed by atoms with E-state index < -0.39 is 0 Å². The molecule has 0 heterocycles. The fourth-order valence-electron chi connectivity index (χ4n) is 1.62. The lowest BCUT2D eigenvalue weighted by Crippen LogP contribution is -2.77. The molecule has 0 aliphatic carbocycles. The summed E-state index contributed by atoms with van der Waals surface area (Å²) in [5, 5.41) is 2.00. The third-order valence-electron chi connectivity index (χ3n) is 2.55. The molecule has 0 amide bonds. The zero-order valence-corrected chi connectivity index (χ0v) is 8.99. The Morgan fingerprint density at radius 3 is 2.44 bits per heavy atom. The summed E-state index contributed by atoms with van der Waals surface area (Å²) in [6.07, 6.45) is 0. The Labute approximate surface area is 93.9 Å². The summed E-state index contributed by atoms with van der Waals surface area (Å²) in [7, 11) is 0. The van der Waals surface area contributed by atoms with Crippen molar-refractivity contribution in [3.63, 3.8) is 0 Å². The molecule has 0 saturated carbocycles. The van der Waals surface area contributed by atoms with E-state index in [2.05, 4.69) is 5.73 Å². The normalized spacial score (nSPS) is 10.4. The van der Waals surface area contributed by atoms with Gasteiger partial charge in [-0.3, -0.25) is 0 Å². The number of hydrogen-bond acceptors (Lipinski definition) is 0. The van der Waals surface area contributed by atoms with Crippen LogP contribution < -0.4 is 11.1 Å². The van der Waals surface area contributed by atoms with Crippen LogP contribution in [-0.2, 0) is 6.54 Å². The predicted molar refractivity (Wildman–Crippen MR) is 60.7 cm³/mol. The molecule has 3 heteroatoms. The molecule has 2 nitrogen and oxygen atoms in total. The predicted octanol–water partition coefficient (Wildman–Crippen LogP) is 1.09. The molecule has 5 N–H and O–H groups in total. The van der Waals surface area contributed by atoms with Crippen LogP contribution in [0.5, 0.6) is 0 Å². The number of rotatable bonds is 3. The monoisotopic (exact) mass is 218 g/mol. The van der Waals surface area contributed by atoms with Gasteiger partial charge in [0.15, 0.2) is 11.4 Å². The van der Waals surface area contributed by atoms with E-state index in [1.54, 1.807) is 12.1 Å². The number of benzene rings is 2. The second-order valence-corrected chi connectivity index (χ2v) is 3.70. The molecular weight excluding hydrogens is 203 g/mol. The molecule has 0 atom stereocenters. The van der Waals surface area contributed by atoms with E-state index in [-0.39, 0.29) is 5.82 Å². The first-order chi connectivity index (χ1) is 7.77. The largest absolute Gasteiger partial charge is 0.320 e. The van der Waals surface area contributed by atoms with Crippen molar-refractivity contribution in [2.75, 3.05) is 0 Å².